The van der Waals surface area contributed by atoms with E-state index in [1.54, 1.807) is 12.4 Å². The van der Waals surface area contributed by atoms with Crippen molar-refractivity contribution in [3.8, 4) is 0 Å². The van der Waals surface area contributed by atoms with Gasteiger partial charge in [0.05, 0.1) is 5.69 Å². The molecule has 0 amide bonds. The molecule has 0 saturated heterocycles. The highest BCUT2D eigenvalue weighted by Gasteiger charge is 2.18. The van der Waals surface area contributed by atoms with Crippen LogP contribution in [0.2, 0.25) is 0 Å². The van der Waals surface area contributed by atoms with Gasteiger partial charge in [0.15, 0.2) is 0 Å². The second-order valence-corrected chi connectivity index (χ2v) is 5.92. The summed E-state index contributed by atoms with van der Waals surface area (Å²) in [6.45, 7) is 0.221. The molecule has 8 heteroatoms. The van der Waals surface area contributed by atoms with Crippen LogP contribution >= 0.6 is 0 Å². The smallest absolute Gasteiger partial charge is 0.242 e. The van der Waals surface area contributed by atoms with Crippen LogP contribution in [0.15, 0.2) is 35.5 Å². The van der Waals surface area contributed by atoms with Crippen LogP contribution in [0.1, 0.15) is 12.2 Å². The molecule has 0 spiro atoms. The number of sulfonamides is 1. The van der Waals surface area contributed by atoms with Gasteiger partial charge in [0.2, 0.25) is 10.0 Å². The Hall–Kier alpha value is -1.93. The van der Waals surface area contributed by atoms with E-state index in [9.17, 15) is 12.8 Å². The number of para-hydroxylation sites is 1. The fourth-order valence-electron chi connectivity index (χ4n) is 1.73. The first-order valence-electron chi connectivity index (χ1n) is 6.02. The fourth-order valence-corrected chi connectivity index (χ4v) is 2.94. The molecule has 108 valence electrons. The Morgan fingerprint density at radius 3 is 2.90 bits per heavy atom. The number of halogens is 1. The number of aromatic amines is 1. The van der Waals surface area contributed by atoms with Crippen molar-refractivity contribution in [1.29, 1.82) is 0 Å². The SMILES string of the molecule is Nc1c(F)cccc1S(=O)(=O)NCCCc1ncc[nH]1. The molecule has 20 heavy (non-hydrogen) atoms. The highest BCUT2D eigenvalue weighted by atomic mass is 32.2. The van der Waals surface area contributed by atoms with E-state index in [2.05, 4.69) is 14.7 Å². The van der Waals surface area contributed by atoms with Gasteiger partial charge in [-0.15, -0.1) is 0 Å². The molecule has 2 aromatic rings. The number of imidazole rings is 1. The number of nitrogens with one attached hydrogen (secondary N) is 2. The van der Waals surface area contributed by atoms with Gasteiger partial charge in [-0.2, -0.15) is 0 Å². The average Bonchev–Trinajstić information content (AvgIpc) is 2.91. The van der Waals surface area contributed by atoms with Crippen LogP contribution < -0.4 is 10.5 Å². The predicted octanol–water partition coefficient (Wildman–Crippen LogP) is 1.04. The number of hydrogen-bond donors (Lipinski definition) is 3. The molecule has 0 aliphatic carbocycles. The molecular weight excluding hydrogens is 283 g/mol. The van der Waals surface area contributed by atoms with Crippen molar-refractivity contribution in [3.05, 3.63) is 42.2 Å². The van der Waals surface area contributed by atoms with E-state index in [0.717, 1.165) is 11.9 Å². The summed E-state index contributed by atoms with van der Waals surface area (Å²) in [6.07, 6.45) is 4.52. The molecule has 2 rings (SSSR count). The van der Waals surface area contributed by atoms with E-state index in [1.807, 2.05) is 0 Å². The summed E-state index contributed by atoms with van der Waals surface area (Å²) in [5.74, 6) is 0.0397. The lowest BCUT2D eigenvalue weighted by Gasteiger charge is -2.09. The van der Waals surface area contributed by atoms with Crippen LogP contribution in [0, 0.1) is 5.82 Å². The maximum Gasteiger partial charge on any atom is 0.242 e. The Labute approximate surface area is 116 Å². The number of nitrogens with zero attached hydrogens (tertiary/aromatic N) is 1. The highest BCUT2D eigenvalue weighted by molar-refractivity contribution is 7.89. The van der Waals surface area contributed by atoms with Crippen molar-refractivity contribution in [1.82, 2.24) is 14.7 Å². The van der Waals surface area contributed by atoms with Crippen molar-refractivity contribution >= 4 is 15.7 Å². The first-order valence-corrected chi connectivity index (χ1v) is 7.51. The summed E-state index contributed by atoms with van der Waals surface area (Å²) in [5, 5.41) is 0. The third-order valence-corrected chi connectivity index (χ3v) is 4.26. The molecule has 0 radical (unpaired) electrons. The Balaban J connectivity index is 1.95. The van der Waals surface area contributed by atoms with Crippen molar-refractivity contribution in [2.24, 2.45) is 0 Å². The monoisotopic (exact) mass is 298 g/mol. The molecule has 0 aliphatic rings. The zero-order valence-corrected chi connectivity index (χ0v) is 11.5. The topological polar surface area (TPSA) is 101 Å². The predicted molar refractivity (Wildman–Crippen MR) is 72.9 cm³/mol. The number of nitrogens with two attached hydrogens (primary N) is 1. The van der Waals surface area contributed by atoms with Crippen LogP contribution in [0.5, 0.6) is 0 Å². The van der Waals surface area contributed by atoms with Crippen LogP contribution in [0.4, 0.5) is 10.1 Å². The third-order valence-electron chi connectivity index (χ3n) is 2.74. The molecule has 0 aliphatic heterocycles. The first-order chi connectivity index (χ1) is 9.50. The van der Waals surface area contributed by atoms with Crippen molar-refractivity contribution in [2.75, 3.05) is 12.3 Å². The summed E-state index contributed by atoms with van der Waals surface area (Å²) < 4.78 is 39.6. The Morgan fingerprint density at radius 1 is 1.40 bits per heavy atom. The molecule has 0 bridgehead atoms. The van der Waals surface area contributed by atoms with Gasteiger partial charge in [0.25, 0.3) is 0 Å². The molecule has 4 N–H and O–H groups in total. The Bertz CT molecular complexity index is 671. The lowest BCUT2D eigenvalue weighted by molar-refractivity contribution is 0.576. The fraction of sp³-hybridized carbons (Fsp3) is 0.250. The van der Waals surface area contributed by atoms with Gasteiger partial charge in [-0.05, 0) is 18.6 Å². The number of aromatic nitrogens is 2. The van der Waals surface area contributed by atoms with Crippen molar-refractivity contribution in [3.63, 3.8) is 0 Å². The van der Waals surface area contributed by atoms with Crippen LogP contribution in [0.25, 0.3) is 0 Å². The van der Waals surface area contributed by atoms with E-state index in [0.29, 0.717) is 12.8 Å². The standard InChI is InChI=1S/C12H15FN4O2S/c13-9-3-1-4-10(12(9)14)20(18,19)17-6-2-5-11-15-7-8-16-11/h1,3-4,7-8,17H,2,5-6,14H2,(H,15,16). The molecule has 0 unspecified atom stereocenters. The van der Waals surface area contributed by atoms with Crippen molar-refractivity contribution in [2.45, 2.75) is 17.7 Å². The summed E-state index contributed by atoms with van der Waals surface area (Å²) in [4.78, 5) is 6.72. The number of hydrogen-bond acceptors (Lipinski definition) is 4. The normalized spacial score (nSPS) is 11.7. The second-order valence-electron chi connectivity index (χ2n) is 4.19. The highest BCUT2D eigenvalue weighted by Crippen LogP contribution is 2.20. The van der Waals surface area contributed by atoms with E-state index in [1.165, 1.54) is 12.1 Å². The quantitative estimate of drug-likeness (QED) is 0.548. The van der Waals surface area contributed by atoms with Crippen LogP contribution in [-0.4, -0.2) is 24.9 Å². The van der Waals surface area contributed by atoms with Gasteiger partial charge in [0.1, 0.15) is 16.5 Å². The first kappa shape index (κ1) is 14.5. The zero-order chi connectivity index (χ0) is 14.6. The largest absolute Gasteiger partial charge is 0.395 e. The van der Waals surface area contributed by atoms with E-state index < -0.39 is 15.8 Å². The average molecular weight is 298 g/mol. The number of anilines is 1. The van der Waals surface area contributed by atoms with E-state index in [-0.39, 0.29) is 17.1 Å². The maximum absolute atomic E-state index is 13.3. The van der Waals surface area contributed by atoms with Gasteiger partial charge in [0, 0.05) is 25.4 Å². The summed E-state index contributed by atoms with van der Waals surface area (Å²) in [5.41, 5.74) is 5.07. The minimum absolute atomic E-state index is 0.221. The number of H-pyrrole nitrogens is 1. The summed E-state index contributed by atoms with van der Waals surface area (Å²) in [7, 11) is -3.80. The van der Waals surface area contributed by atoms with Crippen LogP contribution in [0.3, 0.4) is 0 Å². The Morgan fingerprint density at radius 2 is 2.20 bits per heavy atom. The second kappa shape index (κ2) is 6.02. The van der Waals surface area contributed by atoms with Gasteiger partial charge in [-0.1, -0.05) is 6.07 Å². The minimum atomic E-state index is -3.80. The maximum atomic E-state index is 13.3. The molecule has 1 heterocycles. The Kier molecular flexibility index (Phi) is 4.35. The number of nitrogen functional groups attached to an aromatic ring is 1. The molecular formula is C12H15FN4O2S. The number of aryl methyl sites for hydroxylation is 1. The molecule has 6 nitrogen and oxygen atoms in total. The third kappa shape index (κ3) is 3.34. The minimum Gasteiger partial charge on any atom is -0.395 e. The zero-order valence-electron chi connectivity index (χ0n) is 10.6. The lowest BCUT2D eigenvalue weighted by atomic mass is 10.3. The van der Waals surface area contributed by atoms with Gasteiger partial charge >= 0.3 is 0 Å². The van der Waals surface area contributed by atoms with E-state index >= 15 is 0 Å². The van der Waals surface area contributed by atoms with Gasteiger partial charge in [-0.3, -0.25) is 0 Å². The molecule has 0 saturated carbocycles. The summed E-state index contributed by atoms with van der Waals surface area (Å²) in [6, 6.07) is 3.70. The van der Waals surface area contributed by atoms with Gasteiger partial charge < -0.3 is 10.7 Å². The van der Waals surface area contributed by atoms with Crippen molar-refractivity contribution < 1.29 is 12.8 Å². The molecule has 0 atom stereocenters. The molecule has 0 fully saturated rings. The number of benzene rings is 1. The van der Waals surface area contributed by atoms with Crippen LogP contribution in [-0.2, 0) is 16.4 Å². The lowest BCUT2D eigenvalue weighted by Crippen LogP contribution is -2.26. The number of rotatable bonds is 6. The van der Waals surface area contributed by atoms with Gasteiger partial charge in [-0.25, -0.2) is 22.5 Å². The molecule has 1 aromatic heterocycles. The molecule has 1 aromatic carbocycles. The van der Waals surface area contributed by atoms with E-state index in [4.69, 9.17) is 5.73 Å². The summed E-state index contributed by atoms with van der Waals surface area (Å²) >= 11 is 0.